The molecular weight excluding hydrogens is 406 g/mol. The number of unbranched alkanes of at least 4 members (excludes halogenated alkanes) is 1. The minimum absolute atomic E-state index is 0.108. The van der Waals surface area contributed by atoms with E-state index in [1.54, 1.807) is 17.0 Å². The molecule has 7 nitrogen and oxygen atoms in total. The minimum atomic E-state index is -0.108. The SMILES string of the molecule is CCCC[C@H]1CN(CCC(=O)N2CCN(C(=O)c3ccco3)CC2)Cc2ccccc2O1. The lowest BCUT2D eigenvalue weighted by Crippen LogP contribution is -2.51. The summed E-state index contributed by atoms with van der Waals surface area (Å²) in [6, 6.07) is 11.6. The van der Waals surface area contributed by atoms with Crippen molar-refractivity contribution in [3.05, 3.63) is 54.0 Å². The quantitative estimate of drug-likeness (QED) is 0.662. The Morgan fingerprint density at radius 3 is 2.56 bits per heavy atom. The first kappa shape index (κ1) is 22.4. The number of rotatable bonds is 7. The lowest BCUT2D eigenvalue weighted by Gasteiger charge is -2.34. The Kier molecular flexibility index (Phi) is 7.47. The maximum Gasteiger partial charge on any atom is 0.289 e. The van der Waals surface area contributed by atoms with Crippen molar-refractivity contribution < 1.29 is 18.7 Å². The summed E-state index contributed by atoms with van der Waals surface area (Å²) in [5.74, 6) is 1.37. The van der Waals surface area contributed by atoms with Crippen molar-refractivity contribution in [3.8, 4) is 5.75 Å². The van der Waals surface area contributed by atoms with Crippen molar-refractivity contribution in [2.24, 2.45) is 0 Å². The highest BCUT2D eigenvalue weighted by Crippen LogP contribution is 2.26. The van der Waals surface area contributed by atoms with Gasteiger partial charge < -0.3 is 19.0 Å². The number of hydrogen-bond acceptors (Lipinski definition) is 5. The van der Waals surface area contributed by atoms with Crippen LogP contribution in [0.4, 0.5) is 0 Å². The zero-order chi connectivity index (χ0) is 22.3. The van der Waals surface area contributed by atoms with E-state index in [1.165, 1.54) is 11.8 Å². The zero-order valence-electron chi connectivity index (χ0n) is 18.9. The standard InChI is InChI=1S/C25H33N3O4/c1-2-3-8-21-19-26(18-20-7-4-5-9-22(20)32-21)12-11-24(29)27-13-15-28(16-14-27)25(30)23-10-6-17-31-23/h4-7,9-10,17,21H,2-3,8,11-16,18-19H2,1H3/t21-/m0/s1. The van der Waals surface area contributed by atoms with Gasteiger partial charge in [0.25, 0.3) is 5.91 Å². The van der Waals surface area contributed by atoms with Crippen LogP contribution in [0.3, 0.4) is 0 Å². The molecule has 0 radical (unpaired) electrons. The Bertz CT molecular complexity index is 890. The number of fused-ring (bicyclic) bond motifs is 1. The molecule has 1 fully saturated rings. The van der Waals surface area contributed by atoms with Gasteiger partial charge in [0, 0.05) is 57.8 Å². The van der Waals surface area contributed by atoms with Crippen LogP contribution in [0.1, 0.15) is 48.7 Å². The number of para-hydroxylation sites is 1. The molecule has 3 heterocycles. The van der Waals surface area contributed by atoms with Crippen LogP contribution < -0.4 is 4.74 Å². The lowest BCUT2D eigenvalue weighted by molar-refractivity contribution is -0.133. The van der Waals surface area contributed by atoms with E-state index in [4.69, 9.17) is 9.15 Å². The first-order valence-corrected chi connectivity index (χ1v) is 11.7. The summed E-state index contributed by atoms with van der Waals surface area (Å²) in [4.78, 5) is 31.3. The molecule has 1 atom stereocenters. The molecule has 0 bridgehead atoms. The monoisotopic (exact) mass is 439 g/mol. The molecule has 1 aromatic carbocycles. The van der Waals surface area contributed by atoms with Crippen molar-refractivity contribution in [1.82, 2.24) is 14.7 Å². The van der Waals surface area contributed by atoms with Crippen molar-refractivity contribution in [3.63, 3.8) is 0 Å². The molecule has 1 saturated heterocycles. The van der Waals surface area contributed by atoms with Gasteiger partial charge in [-0.05, 0) is 31.0 Å². The summed E-state index contributed by atoms with van der Waals surface area (Å²) >= 11 is 0. The molecule has 2 amide bonds. The van der Waals surface area contributed by atoms with Crippen molar-refractivity contribution >= 4 is 11.8 Å². The van der Waals surface area contributed by atoms with Crippen LogP contribution in [0, 0.1) is 0 Å². The number of benzene rings is 1. The molecule has 172 valence electrons. The molecule has 0 spiro atoms. The predicted molar refractivity (Wildman–Crippen MR) is 121 cm³/mol. The normalized spacial score (nSPS) is 19.2. The van der Waals surface area contributed by atoms with E-state index >= 15 is 0 Å². The third-order valence-electron chi connectivity index (χ3n) is 6.30. The molecule has 0 unspecified atom stereocenters. The smallest absolute Gasteiger partial charge is 0.289 e. The fraction of sp³-hybridized carbons (Fsp3) is 0.520. The molecule has 2 aliphatic heterocycles. The largest absolute Gasteiger partial charge is 0.489 e. The molecule has 2 aliphatic rings. The number of amides is 2. The van der Waals surface area contributed by atoms with Crippen LogP contribution in [0.25, 0.3) is 0 Å². The first-order valence-electron chi connectivity index (χ1n) is 11.7. The highest BCUT2D eigenvalue weighted by Gasteiger charge is 2.27. The second-order valence-electron chi connectivity index (χ2n) is 8.63. The lowest BCUT2D eigenvalue weighted by atomic mass is 10.1. The van der Waals surface area contributed by atoms with E-state index in [0.29, 0.717) is 44.9 Å². The number of ether oxygens (including phenoxy) is 1. The van der Waals surface area contributed by atoms with Crippen LogP contribution in [0.15, 0.2) is 47.1 Å². The van der Waals surface area contributed by atoms with Crippen LogP contribution in [0.5, 0.6) is 5.75 Å². The first-order chi connectivity index (χ1) is 15.6. The van der Waals surface area contributed by atoms with E-state index in [2.05, 4.69) is 17.9 Å². The number of carbonyl (C=O) groups excluding carboxylic acids is 2. The van der Waals surface area contributed by atoms with Crippen molar-refractivity contribution in [1.29, 1.82) is 0 Å². The molecule has 0 saturated carbocycles. The highest BCUT2D eigenvalue weighted by atomic mass is 16.5. The van der Waals surface area contributed by atoms with Gasteiger partial charge in [-0.2, -0.15) is 0 Å². The number of furan rings is 1. The molecule has 0 aliphatic carbocycles. The van der Waals surface area contributed by atoms with Gasteiger partial charge in [0.05, 0.1) is 6.26 Å². The summed E-state index contributed by atoms with van der Waals surface area (Å²) < 4.78 is 11.5. The Balaban J connectivity index is 1.29. The molecular formula is C25H33N3O4. The van der Waals surface area contributed by atoms with Gasteiger partial charge in [0.15, 0.2) is 5.76 Å². The maximum absolute atomic E-state index is 12.9. The number of nitrogens with zero attached hydrogens (tertiary/aromatic N) is 3. The predicted octanol–water partition coefficient (Wildman–Crippen LogP) is 3.41. The number of hydrogen-bond donors (Lipinski definition) is 0. The van der Waals surface area contributed by atoms with Crippen molar-refractivity contribution in [2.75, 3.05) is 39.3 Å². The van der Waals surface area contributed by atoms with Gasteiger partial charge >= 0.3 is 0 Å². The summed E-state index contributed by atoms with van der Waals surface area (Å²) in [6.45, 7) is 6.76. The molecule has 32 heavy (non-hydrogen) atoms. The Labute approximate surface area is 189 Å². The summed E-state index contributed by atoms with van der Waals surface area (Å²) in [6.07, 6.45) is 5.46. The summed E-state index contributed by atoms with van der Waals surface area (Å²) in [7, 11) is 0. The van der Waals surface area contributed by atoms with Gasteiger partial charge in [0.1, 0.15) is 11.9 Å². The van der Waals surface area contributed by atoms with Crippen LogP contribution in [-0.4, -0.2) is 71.9 Å². The zero-order valence-corrected chi connectivity index (χ0v) is 18.9. The summed E-state index contributed by atoms with van der Waals surface area (Å²) in [5.41, 5.74) is 1.18. The maximum atomic E-state index is 12.9. The average Bonchev–Trinajstić information content (AvgIpc) is 3.30. The Morgan fingerprint density at radius 2 is 1.81 bits per heavy atom. The average molecular weight is 440 g/mol. The van der Waals surface area contributed by atoms with E-state index in [0.717, 1.165) is 38.1 Å². The fourth-order valence-corrected chi connectivity index (χ4v) is 4.44. The Morgan fingerprint density at radius 1 is 1.03 bits per heavy atom. The van der Waals surface area contributed by atoms with Gasteiger partial charge in [-0.1, -0.05) is 31.5 Å². The fourth-order valence-electron chi connectivity index (χ4n) is 4.44. The van der Waals surface area contributed by atoms with E-state index < -0.39 is 0 Å². The minimum Gasteiger partial charge on any atom is -0.489 e. The van der Waals surface area contributed by atoms with Gasteiger partial charge in [-0.3, -0.25) is 14.5 Å². The molecule has 2 aromatic rings. The summed E-state index contributed by atoms with van der Waals surface area (Å²) in [5, 5.41) is 0. The van der Waals surface area contributed by atoms with E-state index in [-0.39, 0.29) is 17.9 Å². The third-order valence-corrected chi connectivity index (χ3v) is 6.30. The second-order valence-corrected chi connectivity index (χ2v) is 8.63. The second kappa shape index (κ2) is 10.7. The van der Waals surface area contributed by atoms with Crippen LogP contribution in [0.2, 0.25) is 0 Å². The topological polar surface area (TPSA) is 66.2 Å². The molecule has 0 N–H and O–H groups in total. The van der Waals surface area contributed by atoms with Gasteiger partial charge in [-0.15, -0.1) is 0 Å². The number of piperazine rings is 1. The molecule has 4 rings (SSSR count). The van der Waals surface area contributed by atoms with Gasteiger partial charge in [-0.25, -0.2) is 0 Å². The number of carbonyl (C=O) groups is 2. The van der Waals surface area contributed by atoms with E-state index in [1.807, 2.05) is 23.1 Å². The Hall–Kier alpha value is -2.80. The van der Waals surface area contributed by atoms with Crippen molar-refractivity contribution in [2.45, 2.75) is 45.3 Å². The highest BCUT2D eigenvalue weighted by molar-refractivity contribution is 5.91. The molecule has 1 aromatic heterocycles. The van der Waals surface area contributed by atoms with Gasteiger partial charge in [0.2, 0.25) is 5.91 Å². The third kappa shape index (κ3) is 5.51. The van der Waals surface area contributed by atoms with E-state index in [9.17, 15) is 9.59 Å². The van der Waals surface area contributed by atoms with Crippen LogP contribution in [-0.2, 0) is 11.3 Å². The molecule has 7 heteroatoms. The van der Waals surface area contributed by atoms with Crippen LogP contribution >= 0.6 is 0 Å².